The van der Waals surface area contributed by atoms with Crippen molar-refractivity contribution in [2.75, 3.05) is 4.90 Å². The largest absolute Gasteiger partial charge is 0.279 e. The number of pyridine rings is 1. The summed E-state index contributed by atoms with van der Waals surface area (Å²) in [6.07, 6.45) is 3.45. The Bertz CT molecular complexity index is 1180. The summed E-state index contributed by atoms with van der Waals surface area (Å²) in [6.45, 7) is 2.40. The Hall–Kier alpha value is -3.56. The molecule has 1 amide bonds. The molecule has 0 unspecified atom stereocenters. The number of anilines is 1. The first kappa shape index (κ1) is 17.8. The molecule has 0 fully saturated rings. The Kier molecular flexibility index (Phi) is 4.83. The minimum atomic E-state index is -0.163. The van der Waals surface area contributed by atoms with Crippen LogP contribution in [0, 0.1) is 18.3 Å². The van der Waals surface area contributed by atoms with E-state index in [1.165, 1.54) is 11.3 Å². The number of aryl methyl sites for hydroxylation is 1. The number of carbonyl (C=O) groups is 1. The highest BCUT2D eigenvalue weighted by Crippen LogP contribution is 2.31. The zero-order chi connectivity index (χ0) is 19.5. The Morgan fingerprint density at radius 1 is 1.18 bits per heavy atom. The van der Waals surface area contributed by atoms with E-state index < -0.39 is 0 Å². The minimum Gasteiger partial charge on any atom is -0.279 e. The Morgan fingerprint density at radius 3 is 2.71 bits per heavy atom. The van der Waals surface area contributed by atoms with Crippen molar-refractivity contribution in [3.05, 3.63) is 89.2 Å². The van der Waals surface area contributed by atoms with Gasteiger partial charge in [0.1, 0.15) is 0 Å². The quantitative estimate of drug-likeness (QED) is 0.510. The SMILES string of the molecule is Cc1ccc2nc(N(Cc3cccnc3)C(=O)c3ccc(C#N)cc3)sc2c1. The van der Waals surface area contributed by atoms with Gasteiger partial charge in [0, 0.05) is 18.0 Å². The number of hydrogen-bond donors (Lipinski definition) is 0. The molecular formula is C22H16N4OS. The van der Waals surface area contributed by atoms with E-state index in [9.17, 15) is 4.79 Å². The van der Waals surface area contributed by atoms with Crippen LogP contribution in [0.2, 0.25) is 0 Å². The molecule has 0 bridgehead atoms. The monoisotopic (exact) mass is 384 g/mol. The fourth-order valence-corrected chi connectivity index (χ4v) is 3.94. The van der Waals surface area contributed by atoms with Gasteiger partial charge in [-0.25, -0.2) is 4.98 Å². The number of rotatable bonds is 4. The van der Waals surface area contributed by atoms with Crippen LogP contribution in [0.15, 0.2) is 67.0 Å². The van der Waals surface area contributed by atoms with Crippen molar-refractivity contribution in [2.45, 2.75) is 13.5 Å². The Balaban J connectivity index is 1.75. The first-order valence-electron chi connectivity index (χ1n) is 8.72. The number of thiazole rings is 1. The highest BCUT2D eigenvalue weighted by Gasteiger charge is 2.22. The highest BCUT2D eigenvalue weighted by molar-refractivity contribution is 7.22. The van der Waals surface area contributed by atoms with Gasteiger partial charge in [0.15, 0.2) is 5.13 Å². The van der Waals surface area contributed by atoms with E-state index in [2.05, 4.69) is 22.1 Å². The van der Waals surface area contributed by atoms with Crippen molar-refractivity contribution < 1.29 is 4.79 Å². The molecule has 0 N–H and O–H groups in total. The standard InChI is InChI=1S/C22H16N4OS/c1-15-4-9-19-20(11-15)28-22(25-19)26(14-17-3-2-10-24-13-17)21(27)18-7-5-16(12-23)6-8-18/h2-11,13H,14H2,1H3. The molecule has 0 atom stereocenters. The van der Waals surface area contributed by atoms with Crippen LogP contribution >= 0.6 is 11.3 Å². The number of nitrogens with zero attached hydrogens (tertiary/aromatic N) is 4. The Morgan fingerprint density at radius 2 is 2.00 bits per heavy atom. The van der Waals surface area contributed by atoms with E-state index >= 15 is 0 Å². The number of aromatic nitrogens is 2. The molecule has 136 valence electrons. The molecule has 4 rings (SSSR count). The molecule has 6 heteroatoms. The zero-order valence-electron chi connectivity index (χ0n) is 15.2. The Labute approximate surface area is 166 Å². The molecule has 0 saturated carbocycles. The van der Waals surface area contributed by atoms with Gasteiger partial charge in [-0.05, 0) is 60.5 Å². The van der Waals surface area contributed by atoms with Gasteiger partial charge in [-0.2, -0.15) is 5.26 Å². The summed E-state index contributed by atoms with van der Waals surface area (Å²) < 4.78 is 1.04. The smallest absolute Gasteiger partial charge is 0.260 e. The van der Waals surface area contributed by atoms with Crippen LogP contribution in [-0.2, 0) is 6.54 Å². The zero-order valence-corrected chi connectivity index (χ0v) is 16.0. The van der Waals surface area contributed by atoms with Crippen LogP contribution in [-0.4, -0.2) is 15.9 Å². The van der Waals surface area contributed by atoms with Crippen LogP contribution in [0.1, 0.15) is 27.0 Å². The maximum Gasteiger partial charge on any atom is 0.260 e. The minimum absolute atomic E-state index is 0.163. The lowest BCUT2D eigenvalue weighted by atomic mass is 10.1. The van der Waals surface area contributed by atoms with Gasteiger partial charge in [-0.3, -0.25) is 14.7 Å². The molecule has 28 heavy (non-hydrogen) atoms. The van der Waals surface area contributed by atoms with Gasteiger partial charge < -0.3 is 0 Å². The summed E-state index contributed by atoms with van der Waals surface area (Å²) in [5.41, 5.74) is 3.97. The first-order valence-corrected chi connectivity index (χ1v) is 9.54. The predicted octanol–water partition coefficient (Wildman–Crippen LogP) is 4.72. The van der Waals surface area contributed by atoms with Crippen LogP contribution < -0.4 is 4.90 Å². The molecule has 0 aliphatic carbocycles. The third-order valence-electron chi connectivity index (χ3n) is 4.33. The second-order valence-electron chi connectivity index (χ2n) is 6.41. The molecule has 2 aromatic heterocycles. The fourth-order valence-electron chi connectivity index (χ4n) is 2.88. The van der Waals surface area contributed by atoms with Crippen LogP contribution in [0.3, 0.4) is 0 Å². The van der Waals surface area contributed by atoms with Crippen molar-refractivity contribution in [3.63, 3.8) is 0 Å². The van der Waals surface area contributed by atoms with Crippen molar-refractivity contribution in [1.82, 2.24) is 9.97 Å². The summed E-state index contributed by atoms with van der Waals surface area (Å²) in [4.78, 5) is 23.8. The molecule has 2 heterocycles. The average molecular weight is 384 g/mol. The van der Waals surface area contributed by atoms with Crippen LogP contribution in [0.25, 0.3) is 10.2 Å². The maximum absolute atomic E-state index is 13.3. The lowest BCUT2D eigenvalue weighted by molar-refractivity contribution is 0.0985. The van der Waals surface area contributed by atoms with Gasteiger partial charge in [-0.1, -0.05) is 23.5 Å². The summed E-state index contributed by atoms with van der Waals surface area (Å²) in [7, 11) is 0. The number of amides is 1. The van der Waals surface area contributed by atoms with E-state index in [1.54, 1.807) is 41.6 Å². The van der Waals surface area contributed by atoms with Gasteiger partial charge in [0.2, 0.25) is 0 Å². The average Bonchev–Trinajstić information content (AvgIpc) is 3.15. The number of carbonyl (C=O) groups excluding carboxylic acids is 1. The van der Waals surface area contributed by atoms with Crippen LogP contribution in [0.5, 0.6) is 0 Å². The van der Waals surface area contributed by atoms with E-state index in [1.807, 2.05) is 31.2 Å². The normalized spacial score (nSPS) is 10.6. The summed E-state index contributed by atoms with van der Waals surface area (Å²) >= 11 is 1.49. The van der Waals surface area contributed by atoms with E-state index in [0.29, 0.717) is 22.8 Å². The molecule has 0 saturated heterocycles. The van der Waals surface area contributed by atoms with Gasteiger partial charge in [0.05, 0.1) is 28.4 Å². The maximum atomic E-state index is 13.3. The molecule has 5 nitrogen and oxygen atoms in total. The molecule has 0 radical (unpaired) electrons. The van der Waals surface area contributed by atoms with Crippen molar-refractivity contribution in [2.24, 2.45) is 0 Å². The molecule has 2 aromatic carbocycles. The van der Waals surface area contributed by atoms with Crippen molar-refractivity contribution in [3.8, 4) is 6.07 Å². The fraction of sp³-hybridized carbons (Fsp3) is 0.0909. The second kappa shape index (κ2) is 7.59. The number of benzene rings is 2. The molecule has 4 aromatic rings. The van der Waals surface area contributed by atoms with E-state index in [4.69, 9.17) is 5.26 Å². The first-order chi connectivity index (χ1) is 13.6. The van der Waals surface area contributed by atoms with Gasteiger partial charge in [-0.15, -0.1) is 0 Å². The lowest BCUT2D eigenvalue weighted by Crippen LogP contribution is -2.30. The van der Waals surface area contributed by atoms with Gasteiger partial charge >= 0.3 is 0 Å². The second-order valence-corrected chi connectivity index (χ2v) is 7.42. The molecular weight excluding hydrogens is 368 g/mol. The predicted molar refractivity (Wildman–Crippen MR) is 110 cm³/mol. The topological polar surface area (TPSA) is 69.9 Å². The third-order valence-corrected chi connectivity index (χ3v) is 5.37. The molecule has 0 aliphatic heterocycles. The number of nitriles is 1. The van der Waals surface area contributed by atoms with Crippen LogP contribution in [0.4, 0.5) is 5.13 Å². The molecule has 0 aliphatic rings. The van der Waals surface area contributed by atoms with Gasteiger partial charge in [0.25, 0.3) is 5.91 Å². The summed E-state index contributed by atoms with van der Waals surface area (Å²) in [5, 5.41) is 9.63. The summed E-state index contributed by atoms with van der Waals surface area (Å²) in [5.74, 6) is -0.163. The number of hydrogen-bond acceptors (Lipinski definition) is 5. The summed E-state index contributed by atoms with van der Waals surface area (Å²) in [6, 6.07) is 18.6. The van der Waals surface area contributed by atoms with Crippen molar-refractivity contribution >= 4 is 32.6 Å². The molecule has 0 spiro atoms. The van der Waals surface area contributed by atoms with E-state index in [0.717, 1.165) is 21.3 Å². The number of fused-ring (bicyclic) bond motifs is 1. The van der Waals surface area contributed by atoms with Crippen molar-refractivity contribution in [1.29, 1.82) is 5.26 Å². The van der Waals surface area contributed by atoms with E-state index in [-0.39, 0.29) is 5.91 Å². The lowest BCUT2D eigenvalue weighted by Gasteiger charge is -2.20. The highest BCUT2D eigenvalue weighted by atomic mass is 32.1. The third kappa shape index (κ3) is 3.61.